The predicted octanol–water partition coefficient (Wildman–Crippen LogP) is 3.55. The van der Waals surface area contributed by atoms with Crippen molar-refractivity contribution in [1.82, 2.24) is 10.2 Å². The number of hydrogen-bond acceptors (Lipinski definition) is 4. The molecule has 1 N–H and O–H groups in total. The van der Waals surface area contributed by atoms with E-state index in [0.29, 0.717) is 16.7 Å². The molecule has 6 heteroatoms. The van der Waals surface area contributed by atoms with Gasteiger partial charge in [0.1, 0.15) is 5.75 Å². The van der Waals surface area contributed by atoms with E-state index in [1.54, 1.807) is 24.3 Å². The molecule has 1 amide bonds. The fraction of sp³-hybridized carbons (Fsp3) is 0.389. The van der Waals surface area contributed by atoms with Crippen LogP contribution in [-0.2, 0) is 0 Å². The minimum Gasteiger partial charge on any atom is -0.424 e. The van der Waals surface area contributed by atoms with Crippen molar-refractivity contribution < 1.29 is 13.9 Å². The number of rotatable bonds is 4. The van der Waals surface area contributed by atoms with Gasteiger partial charge in [-0.3, -0.25) is 4.79 Å². The van der Waals surface area contributed by atoms with Gasteiger partial charge in [-0.2, -0.15) is 0 Å². The van der Waals surface area contributed by atoms with E-state index in [4.69, 9.17) is 20.8 Å². The number of ether oxygens (including phenoxy) is 1. The zero-order valence-electron chi connectivity index (χ0n) is 13.2. The highest BCUT2D eigenvalue weighted by atomic mass is 35.5. The zero-order valence-corrected chi connectivity index (χ0v) is 14.0. The summed E-state index contributed by atoms with van der Waals surface area (Å²) in [5, 5.41) is 3.59. The summed E-state index contributed by atoms with van der Waals surface area (Å²) < 4.78 is 11.1. The van der Waals surface area contributed by atoms with Crippen molar-refractivity contribution in [2.24, 2.45) is 5.92 Å². The van der Waals surface area contributed by atoms with Gasteiger partial charge in [-0.1, -0.05) is 23.7 Å². The molecule has 1 aromatic carbocycles. The maximum atomic E-state index is 12.4. The molecule has 5 nitrogen and oxygen atoms in total. The van der Waals surface area contributed by atoms with Crippen LogP contribution in [0.2, 0.25) is 5.02 Å². The molecule has 1 unspecified atom stereocenters. The molecule has 0 radical (unpaired) electrons. The molecule has 0 saturated carbocycles. The molecule has 3 fully saturated rings. The van der Waals surface area contributed by atoms with Crippen molar-refractivity contribution in [1.29, 1.82) is 0 Å². The van der Waals surface area contributed by atoms with Crippen LogP contribution in [0.5, 0.6) is 11.7 Å². The minimum absolute atomic E-state index is 0.192. The van der Waals surface area contributed by atoms with Crippen molar-refractivity contribution in [2.75, 3.05) is 19.6 Å². The third-order valence-corrected chi connectivity index (χ3v) is 5.14. The first-order valence-corrected chi connectivity index (χ1v) is 8.62. The van der Waals surface area contributed by atoms with Gasteiger partial charge in [-0.05, 0) is 50.0 Å². The highest BCUT2D eigenvalue weighted by Crippen LogP contribution is 2.30. The van der Waals surface area contributed by atoms with Crippen LogP contribution in [0, 0.1) is 5.92 Å². The number of carbonyl (C=O) groups excluding carboxylic acids is 1. The highest BCUT2D eigenvalue weighted by molar-refractivity contribution is 6.32. The molecule has 5 rings (SSSR count). The van der Waals surface area contributed by atoms with E-state index in [1.165, 1.54) is 0 Å². The summed E-state index contributed by atoms with van der Waals surface area (Å²) in [5.74, 6) is 1.39. The maximum Gasteiger partial charge on any atom is 0.290 e. The molecular weight excluding hydrogens is 328 g/mol. The van der Waals surface area contributed by atoms with Crippen LogP contribution in [0.3, 0.4) is 0 Å². The Balaban J connectivity index is 1.41. The standard InChI is InChI=1S/C18H19ClN2O3/c19-13-3-1-2-4-15(13)23-17-6-5-16(24-17)18(22)20-14-11-21-9-7-12(14)8-10-21/h1-6,12,14H,7-11H2,(H,20,22). The molecule has 2 aromatic rings. The number of nitrogens with one attached hydrogen (secondary N) is 1. The largest absolute Gasteiger partial charge is 0.424 e. The fourth-order valence-electron chi connectivity index (χ4n) is 3.50. The highest BCUT2D eigenvalue weighted by Gasteiger charge is 2.35. The summed E-state index contributed by atoms with van der Waals surface area (Å²) in [5.41, 5.74) is 0. The number of nitrogens with zero attached hydrogens (tertiary/aromatic N) is 1. The molecule has 0 aliphatic carbocycles. The molecule has 126 valence electrons. The van der Waals surface area contributed by atoms with Crippen molar-refractivity contribution in [3.63, 3.8) is 0 Å². The van der Waals surface area contributed by atoms with Crippen LogP contribution in [0.25, 0.3) is 0 Å². The molecule has 3 aliphatic rings. The van der Waals surface area contributed by atoms with E-state index in [9.17, 15) is 4.79 Å². The van der Waals surface area contributed by atoms with Crippen LogP contribution in [0.1, 0.15) is 23.4 Å². The number of hydrogen-bond donors (Lipinski definition) is 1. The van der Waals surface area contributed by atoms with Crippen molar-refractivity contribution in [3.05, 3.63) is 47.2 Å². The van der Waals surface area contributed by atoms with Crippen LogP contribution in [0.4, 0.5) is 0 Å². The summed E-state index contributed by atoms with van der Waals surface area (Å²) in [6, 6.07) is 10.6. The summed E-state index contributed by atoms with van der Waals surface area (Å²) in [7, 11) is 0. The van der Waals surface area contributed by atoms with E-state index < -0.39 is 0 Å². The monoisotopic (exact) mass is 346 g/mol. The van der Waals surface area contributed by atoms with E-state index >= 15 is 0 Å². The van der Waals surface area contributed by atoms with E-state index in [0.717, 1.165) is 32.5 Å². The van der Waals surface area contributed by atoms with Gasteiger partial charge in [-0.25, -0.2) is 0 Å². The second kappa shape index (κ2) is 6.49. The average molecular weight is 347 g/mol. The number of para-hydroxylation sites is 1. The number of furan rings is 1. The summed E-state index contributed by atoms with van der Waals surface area (Å²) >= 11 is 6.06. The predicted molar refractivity (Wildman–Crippen MR) is 90.7 cm³/mol. The van der Waals surface area contributed by atoms with Crippen molar-refractivity contribution in [2.45, 2.75) is 18.9 Å². The lowest BCUT2D eigenvalue weighted by Gasteiger charge is -2.44. The van der Waals surface area contributed by atoms with Crippen molar-refractivity contribution >= 4 is 17.5 Å². The topological polar surface area (TPSA) is 54.7 Å². The van der Waals surface area contributed by atoms with Crippen LogP contribution in [-0.4, -0.2) is 36.5 Å². The van der Waals surface area contributed by atoms with Crippen LogP contribution >= 0.6 is 11.6 Å². The first-order valence-electron chi connectivity index (χ1n) is 8.24. The number of halogens is 1. The molecule has 3 aliphatic heterocycles. The number of benzene rings is 1. The second-order valence-corrected chi connectivity index (χ2v) is 6.78. The minimum atomic E-state index is -0.192. The Labute approximate surface area is 145 Å². The molecule has 1 aromatic heterocycles. The van der Waals surface area contributed by atoms with Gasteiger partial charge in [-0.15, -0.1) is 0 Å². The van der Waals surface area contributed by atoms with Gasteiger partial charge < -0.3 is 19.4 Å². The Morgan fingerprint density at radius 2 is 2.00 bits per heavy atom. The Hall–Kier alpha value is -1.98. The molecular formula is C18H19ClN2O3. The number of carbonyl (C=O) groups is 1. The Morgan fingerprint density at radius 3 is 2.71 bits per heavy atom. The van der Waals surface area contributed by atoms with Crippen LogP contribution < -0.4 is 10.1 Å². The molecule has 3 saturated heterocycles. The van der Waals surface area contributed by atoms with Crippen LogP contribution in [0.15, 0.2) is 40.8 Å². The first kappa shape index (κ1) is 15.5. The lowest BCUT2D eigenvalue weighted by molar-refractivity contribution is 0.0603. The van der Waals surface area contributed by atoms with Gasteiger partial charge in [0.15, 0.2) is 5.76 Å². The number of amides is 1. The fourth-order valence-corrected chi connectivity index (χ4v) is 3.68. The quantitative estimate of drug-likeness (QED) is 0.919. The normalized spacial score (nSPS) is 25.5. The third kappa shape index (κ3) is 3.14. The lowest BCUT2D eigenvalue weighted by Crippen LogP contribution is -2.57. The summed E-state index contributed by atoms with van der Waals surface area (Å²) in [4.78, 5) is 14.8. The van der Waals surface area contributed by atoms with Crippen molar-refractivity contribution in [3.8, 4) is 11.7 Å². The van der Waals surface area contributed by atoms with Gasteiger partial charge in [0.25, 0.3) is 11.9 Å². The Kier molecular flexibility index (Phi) is 4.21. The Bertz CT molecular complexity index is 737. The molecule has 2 bridgehead atoms. The SMILES string of the molecule is O=C(NC1CN2CCC1CC2)c1ccc(Oc2ccccc2Cl)o1. The van der Waals surface area contributed by atoms with Gasteiger partial charge in [0, 0.05) is 18.7 Å². The third-order valence-electron chi connectivity index (χ3n) is 4.82. The van der Waals surface area contributed by atoms with E-state index in [2.05, 4.69) is 10.2 Å². The second-order valence-electron chi connectivity index (χ2n) is 6.37. The maximum absolute atomic E-state index is 12.4. The van der Waals surface area contributed by atoms with Gasteiger partial charge in [0.2, 0.25) is 0 Å². The average Bonchev–Trinajstić information content (AvgIpc) is 3.07. The number of fused-ring (bicyclic) bond motifs is 3. The van der Waals surface area contributed by atoms with Gasteiger partial charge >= 0.3 is 0 Å². The van der Waals surface area contributed by atoms with Gasteiger partial charge in [0.05, 0.1) is 5.02 Å². The zero-order chi connectivity index (χ0) is 16.5. The first-order chi connectivity index (χ1) is 11.7. The van der Waals surface area contributed by atoms with E-state index in [-0.39, 0.29) is 23.7 Å². The Morgan fingerprint density at radius 1 is 1.21 bits per heavy atom. The lowest BCUT2D eigenvalue weighted by atomic mass is 9.84. The summed E-state index contributed by atoms with van der Waals surface area (Å²) in [6.07, 6.45) is 2.31. The molecule has 1 atom stereocenters. The molecule has 0 spiro atoms. The number of piperidine rings is 3. The molecule has 24 heavy (non-hydrogen) atoms. The molecule has 4 heterocycles. The smallest absolute Gasteiger partial charge is 0.290 e. The van der Waals surface area contributed by atoms with E-state index in [1.807, 2.05) is 12.1 Å². The summed E-state index contributed by atoms with van der Waals surface area (Å²) in [6.45, 7) is 3.22.